The van der Waals surface area contributed by atoms with Crippen molar-refractivity contribution < 1.29 is 5.11 Å². The second-order valence-corrected chi connectivity index (χ2v) is 4.11. The quantitative estimate of drug-likeness (QED) is 0.890. The van der Waals surface area contributed by atoms with Gasteiger partial charge in [-0.05, 0) is 23.1 Å². The fourth-order valence-corrected chi connectivity index (χ4v) is 1.86. The number of halogens is 1. The van der Waals surface area contributed by atoms with Crippen LogP contribution < -0.4 is 5.73 Å². The van der Waals surface area contributed by atoms with E-state index >= 15 is 0 Å². The van der Waals surface area contributed by atoms with Crippen LogP contribution in [0.2, 0.25) is 0 Å². The SMILES string of the molecule is Cl.N[C@@H](CCO)c1ccc(-c2ccccc2)cc1. The number of aliphatic hydroxyl groups is 1. The summed E-state index contributed by atoms with van der Waals surface area (Å²) in [6, 6.07) is 18.4. The Balaban J connectivity index is 0.00000162. The molecule has 0 heterocycles. The molecule has 0 radical (unpaired) electrons. The zero-order valence-electron chi connectivity index (χ0n) is 10.1. The topological polar surface area (TPSA) is 46.2 Å². The second-order valence-electron chi connectivity index (χ2n) is 4.11. The highest BCUT2D eigenvalue weighted by Gasteiger charge is 2.05. The molecule has 0 fully saturated rings. The minimum Gasteiger partial charge on any atom is -0.396 e. The third-order valence-corrected chi connectivity index (χ3v) is 2.89. The third kappa shape index (κ3) is 3.57. The number of hydrogen-bond acceptors (Lipinski definition) is 2. The maximum Gasteiger partial charge on any atom is 0.0449 e. The Morgan fingerprint density at radius 1 is 0.889 bits per heavy atom. The lowest BCUT2D eigenvalue weighted by atomic mass is 10.00. The Labute approximate surface area is 114 Å². The molecule has 0 aliphatic rings. The predicted octanol–water partition coefficient (Wildman–Crippen LogP) is 3.16. The minimum atomic E-state index is -0.0789. The molecule has 2 aromatic rings. The molecule has 3 heteroatoms. The van der Waals surface area contributed by atoms with Gasteiger partial charge in [0.25, 0.3) is 0 Å². The zero-order valence-corrected chi connectivity index (χ0v) is 10.9. The number of benzene rings is 2. The van der Waals surface area contributed by atoms with Crippen LogP contribution in [-0.2, 0) is 0 Å². The Bertz CT molecular complexity index is 456. The molecule has 0 spiro atoms. The number of nitrogens with two attached hydrogens (primary N) is 1. The van der Waals surface area contributed by atoms with Crippen molar-refractivity contribution in [2.75, 3.05) is 6.61 Å². The Kier molecular flexibility index (Phi) is 5.86. The van der Waals surface area contributed by atoms with E-state index in [4.69, 9.17) is 10.8 Å². The Hall–Kier alpha value is -1.35. The van der Waals surface area contributed by atoms with Crippen LogP contribution in [0.25, 0.3) is 11.1 Å². The molecule has 2 rings (SSSR count). The second kappa shape index (κ2) is 7.17. The van der Waals surface area contributed by atoms with Crippen molar-refractivity contribution in [3.63, 3.8) is 0 Å². The fraction of sp³-hybridized carbons (Fsp3) is 0.200. The fourth-order valence-electron chi connectivity index (χ4n) is 1.86. The molecule has 1 atom stereocenters. The van der Waals surface area contributed by atoms with E-state index in [0.29, 0.717) is 6.42 Å². The normalized spacial score (nSPS) is 11.7. The van der Waals surface area contributed by atoms with E-state index in [1.807, 2.05) is 30.3 Å². The van der Waals surface area contributed by atoms with Crippen LogP contribution in [0.15, 0.2) is 54.6 Å². The standard InChI is InChI=1S/C15H17NO.ClH/c16-15(10-11-17)14-8-6-13(7-9-14)12-4-2-1-3-5-12;/h1-9,15,17H,10-11,16H2;1H/t15-;/m0./s1. The molecule has 0 aliphatic carbocycles. The van der Waals surface area contributed by atoms with Crippen molar-refractivity contribution in [3.05, 3.63) is 60.2 Å². The van der Waals surface area contributed by atoms with E-state index in [-0.39, 0.29) is 25.1 Å². The maximum atomic E-state index is 8.85. The van der Waals surface area contributed by atoms with Gasteiger partial charge in [-0.15, -0.1) is 12.4 Å². The highest BCUT2D eigenvalue weighted by Crippen LogP contribution is 2.21. The van der Waals surface area contributed by atoms with E-state index in [2.05, 4.69) is 24.3 Å². The van der Waals surface area contributed by atoms with Crippen molar-refractivity contribution in [1.29, 1.82) is 0 Å². The lowest BCUT2D eigenvalue weighted by Gasteiger charge is -2.11. The first-order valence-electron chi connectivity index (χ1n) is 5.83. The molecule has 18 heavy (non-hydrogen) atoms. The van der Waals surface area contributed by atoms with Gasteiger partial charge in [-0.1, -0.05) is 54.6 Å². The summed E-state index contributed by atoms with van der Waals surface area (Å²) in [5, 5.41) is 8.85. The van der Waals surface area contributed by atoms with Gasteiger partial charge in [0.1, 0.15) is 0 Å². The van der Waals surface area contributed by atoms with Gasteiger partial charge in [0.15, 0.2) is 0 Å². The highest BCUT2D eigenvalue weighted by molar-refractivity contribution is 5.85. The number of rotatable bonds is 4. The largest absolute Gasteiger partial charge is 0.396 e. The van der Waals surface area contributed by atoms with E-state index in [9.17, 15) is 0 Å². The molecule has 0 amide bonds. The first-order valence-corrected chi connectivity index (χ1v) is 5.83. The van der Waals surface area contributed by atoms with Crippen LogP contribution in [0.4, 0.5) is 0 Å². The van der Waals surface area contributed by atoms with Crippen LogP contribution in [-0.4, -0.2) is 11.7 Å². The minimum absolute atomic E-state index is 0. The summed E-state index contributed by atoms with van der Waals surface area (Å²) >= 11 is 0. The lowest BCUT2D eigenvalue weighted by Crippen LogP contribution is -2.11. The Morgan fingerprint density at radius 3 is 2.00 bits per heavy atom. The molecule has 0 aliphatic heterocycles. The third-order valence-electron chi connectivity index (χ3n) is 2.89. The first kappa shape index (κ1) is 14.7. The summed E-state index contributed by atoms with van der Waals surface area (Å²) in [7, 11) is 0. The zero-order chi connectivity index (χ0) is 12.1. The Morgan fingerprint density at radius 2 is 1.44 bits per heavy atom. The van der Waals surface area contributed by atoms with Crippen molar-refractivity contribution >= 4 is 12.4 Å². The smallest absolute Gasteiger partial charge is 0.0449 e. The average molecular weight is 264 g/mol. The molecular formula is C15H18ClNO. The van der Waals surface area contributed by atoms with Gasteiger partial charge in [-0.25, -0.2) is 0 Å². The molecule has 0 unspecified atom stereocenters. The summed E-state index contributed by atoms with van der Waals surface area (Å²) in [6.07, 6.45) is 0.602. The van der Waals surface area contributed by atoms with Crippen LogP contribution in [0.5, 0.6) is 0 Å². The molecule has 0 bridgehead atoms. The maximum absolute atomic E-state index is 8.85. The summed E-state index contributed by atoms with van der Waals surface area (Å²) in [6.45, 7) is 0.127. The van der Waals surface area contributed by atoms with E-state index in [1.54, 1.807) is 0 Å². The predicted molar refractivity (Wildman–Crippen MR) is 77.8 cm³/mol. The van der Waals surface area contributed by atoms with Gasteiger partial charge in [0.05, 0.1) is 0 Å². The summed E-state index contributed by atoms with van der Waals surface area (Å²) in [5.41, 5.74) is 9.39. The molecule has 96 valence electrons. The van der Waals surface area contributed by atoms with Crippen LogP contribution >= 0.6 is 12.4 Å². The molecule has 0 aromatic heterocycles. The molecule has 3 N–H and O–H groups in total. The van der Waals surface area contributed by atoms with Gasteiger partial charge >= 0.3 is 0 Å². The van der Waals surface area contributed by atoms with E-state index in [1.165, 1.54) is 11.1 Å². The van der Waals surface area contributed by atoms with Crippen molar-refractivity contribution in [2.24, 2.45) is 5.73 Å². The van der Waals surface area contributed by atoms with E-state index < -0.39 is 0 Å². The molecule has 0 saturated heterocycles. The van der Waals surface area contributed by atoms with Gasteiger partial charge in [0, 0.05) is 12.6 Å². The molecular weight excluding hydrogens is 246 g/mol. The van der Waals surface area contributed by atoms with Crippen LogP contribution in [0.3, 0.4) is 0 Å². The van der Waals surface area contributed by atoms with Gasteiger partial charge < -0.3 is 10.8 Å². The highest BCUT2D eigenvalue weighted by atomic mass is 35.5. The van der Waals surface area contributed by atoms with Crippen molar-refractivity contribution in [3.8, 4) is 11.1 Å². The first-order chi connectivity index (χ1) is 8.31. The van der Waals surface area contributed by atoms with Gasteiger partial charge in [0.2, 0.25) is 0 Å². The van der Waals surface area contributed by atoms with Crippen LogP contribution in [0.1, 0.15) is 18.0 Å². The monoisotopic (exact) mass is 263 g/mol. The summed E-state index contributed by atoms with van der Waals surface area (Å²) in [4.78, 5) is 0. The molecule has 2 aromatic carbocycles. The number of aliphatic hydroxyl groups excluding tert-OH is 1. The van der Waals surface area contributed by atoms with Gasteiger partial charge in [-0.3, -0.25) is 0 Å². The molecule has 0 saturated carbocycles. The lowest BCUT2D eigenvalue weighted by molar-refractivity contribution is 0.276. The molecule has 2 nitrogen and oxygen atoms in total. The van der Waals surface area contributed by atoms with Crippen LogP contribution in [0, 0.1) is 0 Å². The summed E-state index contributed by atoms with van der Waals surface area (Å²) in [5.74, 6) is 0. The van der Waals surface area contributed by atoms with Crippen molar-refractivity contribution in [1.82, 2.24) is 0 Å². The van der Waals surface area contributed by atoms with Crippen molar-refractivity contribution in [2.45, 2.75) is 12.5 Å². The van der Waals surface area contributed by atoms with Gasteiger partial charge in [-0.2, -0.15) is 0 Å². The summed E-state index contributed by atoms with van der Waals surface area (Å²) < 4.78 is 0. The average Bonchev–Trinajstić information content (AvgIpc) is 2.40. The number of hydrogen-bond donors (Lipinski definition) is 2. The van der Waals surface area contributed by atoms with E-state index in [0.717, 1.165) is 5.56 Å².